The van der Waals surface area contributed by atoms with Crippen LogP contribution in [0.1, 0.15) is 50.5 Å². The van der Waals surface area contributed by atoms with Crippen LogP contribution < -0.4 is 4.74 Å². The molecular weight excluding hydrogens is 322 g/mol. The molecule has 4 nitrogen and oxygen atoms in total. The summed E-state index contributed by atoms with van der Waals surface area (Å²) in [6.07, 6.45) is 8.23. The number of nitrogens with zero attached hydrogens (tertiary/aromatic N) is 3. The second kappa shape index (κ2) is 7.32. The zero-order chi connectivity index (χ0) is 17.9. The molecule has 4 rings (SSSR count). The lowest BCUT2D eigenvalue weighted by molar-refractivity contribution is 0.268. The molecule has 0 N–H and O–H groups in total. The summed E-state index contributed by atoms with van der Waals surface area (Å²) < 4.78 is 6.07. The van der Waals surface area contributed by atoms with Crippen molar-refractivity contribution in [1.29, 1.82) is 0 Å². The lowest BCUT2D eigenvalue weighted by Gasteiger charge is -2.23. The van der Waals surface area contributed by atoms with Gasteiger partial charge in [0.05, 0.1) is 0 Å². The van der Waals surface area contributed by atoms with Crippen molar-refractivity contribution in [2.45, 2.75) is 51.0 Å². The minimum Gasteiger partial charge on any atom is -0.484 e. The van der Waals surface area contributed by atoms with Crippen molar-refractivity contribution in [2.24, 2.45) is 0 Å². The second-order valence-corrected chi connectivity index (χ2v) is 7.10. The fraction of sp³-hybridized carbons (Fsp3) is 0.364. The van der Waals surface area contributed by atoms with E-state index in [1.165, 1.54) is 37.7 Å². The first-order valence-electron chi connectivity index (χ1n) is 9.50. The van der Waals surface area contributed by atoms with E-state index in [0.717, 1.165) is 22.5 Å². The Morgan fingerprint density at radius 2 is 1.77 bits per heavy atom. The molecule has 0 saturated heterocycles. The van der Waals surface area contributed by atoms with E-state index in [9.17, 15) is 0 Å². The summed E-state index contributed by atoms with van der Waals surface area (Å²) in [6, 6.07) is 14.4. The molecule has 134 valence electrons. The molecule has 0 bridgehead atoms. The molecule has 0 radical (unpaired) electrons. The third-order valence-corrected chi connectivity index (χ3v) is 5.21. The number of benzene rings is 2. The monoisotopic (exact) mass is 347 g/mol. The highest BCUT2D eigenvalue weighted by Gasteiger charge is 2.19. The minimum absolute atomic E-state index is 0.0701. The molecule has 3 aromatic rings. The van der Waals surface area contributed by atoms with Crippen molar-refractivity contribution in [2.75, 3.05) is 0 Å². The van der Waals surface area contributed by atoms with Gasteiger partial charge in [0.2, 0.25) is 0 Å². The third-order valence-electron chi connectivity index (χ3n) is 5.21. The molecule has 1 aliphatic rings. The van der Waals surface area contributed by atoms with Gasteiger partial charge in [-0.2, -0.15) is 0 Å². The molecule has 1 fully saturated rings. The Hall–Kier alpha value is -2.62. The minimum atomic E-state index is -0.0701. The van der Waals surface area contributed by atoms with Gasteiger partial charge in [0.25, 0.3) is 0 Å². The number of aromatic nitrogens is 3. The maximum absolute atomic E-state index is 6.07. The average molecular weight is 347 g/mol. The van der Waals surface area contributed by atoms with E-state index < -0.39 is 0 Å². The molecule has 1 heterocycles. The molecule has 1 saturated carbocycles. The van der Waals surface area contributed by atoms with Gasteiger partial charge in [0.1, 0.15) is 28.6 Å². The van der Waals surface area contributed by atoms with Gasteiger partial charge < -0.3 is 4.74 Å². The average Bonchev–Trinajstić information content (AvgIpc) is 3.13. The summed E-state index contributed by atoms with van der Waals surface area (Å²) in [6.45, 7) is 5.81. The second-order valence-electron chi connectivity index (χ2n) is 7.10. The summed E-state index contributed by atoms with van der Waals surface area (Å²) in [4.78, 5) is 1.71. The van der Waals surface area contributed by atoms with Crippen LogP contribution in [-0.4, -0.2) is 21.1 Å². The first kappa shape index (κ1) is 16.8. The van der Waals surface area contributed by atoms with Crippen molar-refractivity contribution in [3.63, 3.8) is 0 Å². The van der Waals surface area contributed by atoms with Crippen LogP contribution in [-0.2, 0) is 0 Å². The van der Waals surface area contributed by atoms with E-state index in [4.69, 9.17) is 4.74 Å². The van der Waals surface area contributed by atoms with E-state index in [1.807, 2.05) is 31.2 Å². The van der Waals surface area contributed by atoms with Crippen molar-refractivity contribution in [3.8, 4) is 11.4 Å². The van der Waals surface area contributed by atoms with Crippen LogP contribution >= 0.6 is 0 Å². The predicted molar refractivity (Wildman–Crippen MR) is 105 cm³/mol. The highest BCUT2D eigenvalue weighted by atomic mass is 16.5. The Kier molecular flexibility index (Phi) is 4.74. The molecule has 2 aromatic carbocycles. The van der Waals surface area contributed by atoms with E-state index >= 15 is 0 Å². The SMILES string of the molecule is C=CC(C)Oc1ccc(C2CCCCC2)cc1-n1nc2ccccc2n1. The van der Waals surface area contributed by atoms with Gasteiger partial charge in [-0.15, -0.1) is 15.0 Å². The Morgan fingerprint density at radius 3 is 2.42 bits per heavy atom. The van der Waals surface area contributed by atoms with Crippen LogP contribution in [0, 0.1) is 0 Å². The smallest absolute Gasteiger partial charge is 0.147 e. The van der Waals surface area contributed by atoms with Crippen LogP contribution in [0.2, 0.25) is 0 Å². The normalized spacial score (nSPS) is 16.5. The van der Waals surface area contributed by atoms with Crippen LogP contribution in [0.15, 0.2) is 55.1 Å². The van der Waals surface area contributed by atoms with Crippen LogP contribution in [0.5, 0.6) is 5.75 Å². The van der Waals surface area contributed by atoms with Crippen LogP contribution in [0.3, 0.4) is 0 Å². The molecule has 1 unspecified atom stereocenters. The first-order chi connectivity index (χ1) is 12.7. The highest BCUT2D eigenvalue weighted by molar-refractivity contribution is 5.73. The largest absolute Gasteiger partial charge is 0.484 e. The topological polar surface area (TPSA) is 39.9 Å². The number of rotatable bonds is 5. The number of hydrogen-bond acceptors (Lipinski definition) is 3. The zero-order valence-electron chi connectivity index (χ0n) is 15.3. The molecule has 26 heavy (non-hydrogen) atoms. The number of ether oxygens (including phenoxy) is 1. The molecule has 1 aromatic heterocycles. The summed E-state index contributed by atoms with van der Waals surface area (Å²) in [5.74, 6) is 1.41. The fourth-order valence-electron chi connectivity index (χ4n) is 3.70. The standard InChI is InChI=1S/C22H25N3O/c1-3-16(2)26-22-14-13-18(17-9-5-4-6-10-17)15-21(22)25-23-19-11-7-8-12-20(19)24-25/h3,7-8,11-17H,1,4-6,9-10H2,2H3. The third kappa shape index (κ3) is 3.36. The summed E-state index contributed by atoms with van der Waals surface area (Å²) in [5, 5.41) is 9.33. The van der Waals surface area contributed by atoms with Gasteiger partial charge >= 0.3 is 0 Å². The summed E-state index contributed by atoms with van der Waals surface area (Å²) in [7, 11) is 0. The number of fused-ring (bicyclic) bond motifs is 1. The van der Waals surface area contributed by atoms with Crippen LogP contribution in [0.25, 0.3) is 16.7 Å². The van der Waals surface area contributed by atoms with E-state index in [2.05, 4.69) is 35.0 Å². The number of hydrogen-bond donors (Lipinski definition) is 0. The van der Waals surface area contributed by atoms with Crippen molar-refractivity contribution < 1.29 is 4.74 Å². The first-order valence-corrected chi connectivity index (χ1v) is 9.50. The summed E-state index contributed by atoms with van der Waals surface area (Å²) >= 11 is 0. The van der Waals surface area contributed by atoms with Gasteiger partial charge in [-0.1, -0.05) is 50.1 Å². The van der Waals surface area contributed by atoms with Gasteiger partial charge in [0.15, 0.2) is 0 Å². The maximum Gasteiger partial charge on any atom is 0.147 e. The lowest BCUT2D eigenvalue weighted by Crippen LogP contribution is -2.12. The van der Waals surface area contributed by atoms with Crippen molar-refractivity contribution >= 4 is 11.0 Å². The van der Waals surface area contributed by atoms with Crippen LogP contribution in [0.4, 0.5) is 0 Å². The Balaban J connectivity index is 1.78. The van der Waals surface area contributed by atoms with Crippen molar-refractivity contribution in [3.05, 3.63) is 60.7 Å². The van der Waals surface area contributed by atoms with Gasteiger partial charge in [-0.25, -0.2) is 0 Å². The molecule has 1 atom stereocenters. The van der Waals surface area contributed by atoms with Crippen molar-refractivity contribution in [1.82, 2.24) is 15.0 Å². The molecule has 4 heteroatoms. The Bertz CT molecular complexity index is 876. The molecule has 0 aliphatic heterocycles. The van der Waals surface area contributed by atoms with Gasteiger partial charge in [0, 0.05) is 0 Å². The van der Waals surface area contributed by atoms with Gasteiger partial charge in [-0.05, 0) is 55.5 Å². The zero-order valence-corrected chi connectivity index (χ0v) is 15.3. The Labute approximate surface area is 154 Å². The summed E-state index contributed by atoms with van der Waals surface area (Å²) in [5.41, 5.74) is 4.04. The fourth-order valence-corrected chi connectivity index (χ4v) is 3.70. The lowest BCUT2D eigenvalue weighted by atomic mass is 9.84. The van der Waals surface area contributed by atoms with E-state index in [1.54, 1.807) is 10.9 Å². The Morgan fingerprint density at radius 1 is 1.08 bits per heavy atom. The molecule has 1 aliphatic carbocycles. The maximum atomic E-state index is 6.07. The predicted octanol–water partition coefficient (Wildman–Crippen LogP) is 5.42. The van der Waals surface area contributed by atoms with Gasteiger partial charge in [-0.3, -0.25) is 0 Å². The van der Waals surface area contributed by atoms with E-state index in [0.29, 0.717) is 5.92 Å². The highest BCUT2D eigenvalue weighted by Crippen LogP contribution is 2.36. The van der Waals surface area contributed by atoms with E-state index in [-0.39, 0.29) is 6.10 Å². The molecular formula is C22H25N3O. The molecule has 0 spiro atoms. The quantitative estimate of drug-likeness (QED) is 0.578. The molecule has 0 amide bonds.